The number of carbonyl (C=O) groups is 1. The maximum Gasteiger partial charge on any atom is 0.264 e. The molecule has 0 spiro atoms. The van der Waals surface area contributed by atoms with Gasteiger partial charge in [0.05, 0.1) is 23.9 Å². The van der Waals surface area contributed by atoms with Gasteiger partial charge in [0, 0.05) is 24.0 Å². The van der Waals surface area contributed by atoms with Gasteiger partial charge in [-0.3, -0.25) is 14.1 Å². The summed E-state index contributed by atoms with van der Waals surface area (Å²) in [5, 5.41) is 3.87. The summed E-state index contributed by atoms with van der Waals surface area (Å²) < 4.78 is 32.6. The summed E-state index contributed by atoms with van der Waals surface area (Å²) in [5.41, 5.74) is 3.34. The summed E-state index contributed by atoms with van der Waals surface area (Å²) in [7, 11) is -2.52. The molecule has 154 valence electrons. The lowest BCUT2D eigenvalue weighted by Gasteiger charge is -2.24. The van der Waals surface area contributed by atoms with Crippen LogP contribution < -0.4 is 14.5 Å². The van der Waals surface area contributed by atoms with Crippen LogP contribution in [0.1, 0.15) is 5.56 Å². The lowest BCUT2D eigenvalue weighted by atomic mass is 10.3. The van der Waals surface area contributed by atoms with Crippen LogP contribution in [0.5, 0.6) is 5.75 Å². The molecule has 0 aliphatic heterocycles. The van der Waals surface area contributed by atoms with Gasteiger partial charge in [-0.2, -0.15) is 5.10 Å². The first-order valence-corrected chi connectivity index (χ1v) is 10.4. The number of amides is 1. The van der Waals surface area contributed by atoms with E-state index in [1.807, 2.05) is 0 Å². The number of methoxy groups -OCH3 is 1. The molecule has 3 rings (SSSR count). The number of hydrogen-bond acceptors (Lipinski definition) is 6. The van der Waals surface area contributed by atoms with Gasteiger partial charge in [-0.15, -0.1) is 0 Å². The molecule has 0 aliphatic rings. The van der Waals surface area contributed by atoms with Crippen LogP contribution in [-0.2, 0) is 14.8 Å². The van der Waals surface area contributed by atoms with Crippen LogP contribution in [0.3, 0.4) is 0 Å². The fourth-order valence-electron chi connectivity index (χ4n) is 2.60. The molecular formula is C21H20N4O4S. The highest BCUT2D eigenvalue weighted by Crippen LogP contribution is 2.26. The van der Waals surface area contributed by atoms with Gasteiger partial charge in [0.2, 0.25) is 0 Å². The maximum absolute atomic E-state index is 13.2. The topological polar surface area (TPSA) is 101 Å². The van der Waals surface area contributed by atoms with Crippen LogP contribution in [-0.4, -0.2) is 39.2 Å². The second-order valence-electron chi connectivity index (χ2n) is 6.11. The van der Waals surface area contributed by atoms with E-state index in [2.05, 4.69) is 15.5 Å². The second kappa shape index (κ2) is 9.66. The molecule has 0 atom stereocenters. The van der Waals surface area contributed by atoms with Crippen molar-refractivity contribution in [2.75, 3.05) is 18.0 Å². The van der Waals surface area contributed by atoms with Crippen molar-refractivity contribution in [2.45, 2.75) is 4.90 Å². The van der Waals surface area contributed by atoms with Crippen LogP contribution in [0.4, 0.5) is 5.69 Å². The van der Waals surface area contributed by atoms with E-state index in [0.29, 0.717) is 17.0 Å². The number of carbonyl (C=O) groups excluding carboxylic acids is 1. The Morgan fingerprint density at radius 3 is 2.63 bits per heavy atom. The van der Waals surface area contributed by atoms with E-state index in [1.54, 1.807) is 67.0 Å². The fourth-order valence-corrected chi connectivity index (χ4v) is 4.03. The van der Waals surface area contributed by atoms with Gasteiger partial charge in [-0.25, -0.2) is 13.8 Å². The third kappa shape index (κ3) is 5.21. The monoisotopic (exact) mass is 424 g/mol. The van der Waals surface area contributed by atoms with E-state index < -0.39 is 22.5 Å². The Morgan fingerprint density at radius 2 is 1.93 bits per heavy atom. The quantitative estimate of drug-likeness (QED) is 0.442. The normalized spacial score (nSPS) is 11.2. The number of pyridine rings is 1. The molecule has 0 unspecified atom stereocenters. The first kappa shape index (κ1) is 21.0. The maximum atomic E-state index is 13.2. The zero-order valence-corrected chi connectivity index (χ0v) is 17.0. The summed E-state index contributed by atoms with van der Waals surface area (Å²) in [5.74, 6) is -0.131. The number of rotatable bonds is 8. The Balaban J connectivity index is 1.86. The van der Waals surface area contributed by atoms with Gasteiger partial charge in [-0.1, -0.05) is 30.3 Å². The summed E-state index contributed by atoms with van der Waals surface area (Å²) in [6.45, 7) is -0.464. The lowest BCUT2D eigenvalue weighted by Crippen LogP contribution is -2.39. The Hall–Kier alpha value is -3.72. The molecule has 0 saturated carbocycles. The minimum absolute atomic E-state index is 0.0690. The second-order valence-corrected chi connectivity index (χ2v) is 7.97. The number of nitrogens with zero attached hydrogens (tertiary/aromatic N) is 3. The van der Waals surface area contributed by atoms with E-state index in [-0.39, 0.29) is 4.90 Å². The Bertz CT molecular complexity index is 1120. The number of aromatic nitrogens is 1. The highest BCUT2D eigenvalue weighted by molar-refractivity contribution is 7.92. The molecule has 0 radical (unpaired) electrons. The van der Waals surface area contributed by atoms with Crippen molar-refractivity contribution in [1.29, 1.82) is 0 Å². The average Bonchev–Trinajstić information content (AvgIpc) is 2.78. The van der Waals surface area contributed by atoms with Crippen LogP contribution in [0.15, 0.2) is 89.1 Å². The molecule has 0 saturated heterocycles. The first-order valence-electron chi connectivity index (χ1n) is 8.94. The standard InChI is InChI=1S/C21H20N4O4S/c1-29-19-9-5-8-18(13-19)25(30(27,28)20-10-3-2-4-11-20)16-21(26)24-23-15-17-7-6-12-22-14-17/h2-15H,16H2,1H3,(H,24,26)/b23-15-. The van der Waals surface area contributed by atoms with Gasteiger partial charge in [0.15, 0.2) is 0 Å². The van der Waals surface area contributed by atoms with Crippen molar-refractivity contribution in [1.82, 2.24) is 10.4 Å². The number of benzene rings is 2. The third-order valence-electron chi connectivity index (χ3n) is 4.05. The summed E-state index contributed by atoms with van der Waals surface area (Å²) in [6, 6.07) is 17.9. The first-order chi connectivity index (χ1) is 14.5. The van der Waals surface area contributed by atoms with Crippen molar-refractivity contribution in [3.05, 3.63) is 84.7 Å². The number of hydrazone groups is 1. The highest BCUT2D eigenvalue weighted by Gasteiger charge is 2.27. The molecule has 0 bridgehead atoms. The molecule has 9 heteroatoms. The Labute approximate surface area is 174 Å². The zero-order valence-electron chi connectivity index (χ0n) is 16.2. The third-order valence-corrected chi connectivity index (χ3v) is 5.84. The Morgan fingerprint density at radius 1 is 1.13 bits per heavy atom. The number of sulfonamides is 1. The average molecular weight is 424 g/mol. The van der Waals surface area contributed by atoms with E-state index in [9.17, 15) is 13.2 Å². The van der Waals surface area contributed by atoms with Crippen LogP contribution in [0.2, 0.25) is 0 Å². The molecule has 3 aromatic rings. The van der Waals surface area contributed by atoms with E-state index >= 15 is 0 Å². The molecular weight excluding hydrogens is 404 g/mol. The summed E-state index contributed by atoms with van der Waals surface area (Å²) >= 11 is 0. The molecule has 0 fully saturated rings. The minimum Gasteiger partial charge on any atom is -0.497 e. The van der Waals surface area contributed by atoms with Crippen molar-refractivity contribution in [3.63, 3.8) is 0 Å². The van der Waals surface area contributed by atoms with Crippen LogP contribution in [0, 0.1) is 0 Å². The molecule has 1 heterocycles. The van der Waals surface area contributed by atoms with Gasteiger partial charge < -0.3 is 4.74 Å². The fraction of sp³-hybridized carbons (Fsp3) is 0.0952. The number of hydrogen-bond donors (Lipinski definition) is 1. The van der Waals surface area contributed by atoms with Crippen LogP contribution in [0.25, 0.3) is 0 Å². The van der Waals surface area contributed by atoms with Gasteiger partial charge in [-0.05, 0) is 30.3 Å². The number of ether oxygens (including phenoxy) is 1. The van der Waals surface area contributed by atoms with E-state index in [0.717, 1.165) is 4.31 Å². The molecule has 1 N–H and O–H groups in total. The highest BCUT2D eigenvalue weighted by atomic mass is 32.2. The van der Waals surface area contributed by atoms with Crippen molar-refractivity contribution in [3.8, 4) is 5.75 Å². The van der Waals surface area contributed by atoms with Crippen LogP contribution >= 0.6 is 0 Å². The number of anilines is 1. The predicted molar refractivity (Wildman–Crippen MR) is 114 cm³/mol. The smallest absolute Gasteiger partial charge is 0.264 e. The Kier molecular flexibility index (Phi) is 6.76. The predicted octanol–water partition coefficient (Wildman–Crippen LogP) is 2.44. The summed E-state index contributed by atoms with van der Waals surface area (Å²) in [6.07, 6.45) is 4.63. The molecule has 1 aromatic heterocycles. The van der Waals surface area contributed by atoms with Crippen molar-refractivity contribution < 1.29 is 17.9 Å². The zero-order chi connectivity index (χ0) is 21.4. The van der Waals surface area contributed by atoms with Gasteiger partial charge in [0.1, 0.15) is 12.3 Å². The minimum atomic E-state index is -4.00. The lowest BCUT2D eigenvalue weighted by molar-refractivity contribution is -0.119. The van der Waals surface area contributed by atoms with Gasteiger partial charge in [0.25, 0.3) is 15.9 Å². The molecule has 30 heavy (non-hydrogen) atoms. The molecule has 0 aliphatic carbocycles. The largest absolute Gasteiger partial charge is 0.497 e. The van der Waals surface area contributed by atoms with E-state index in [4.69, 9.17) is 4.74 Å². The molecule has 8 nitrogen and oxygen atoms in total. The SMILES string of the molecule is COc1cccc(N(CC(=O)N/N=C\c2cccnc2)S(=O)(=O)c2ccccc2)c1. The number of nitrogens with one attached hydrogen (secondary N) is 1. The summed E-state index contributed by atoms with van der Waals surface area (Å²) in [4.78, 5) is 16.5. The van der Waals surface area contributed by atoms with E-state index in [1.165, 1.54) is 25.5 Å². The molecule has 2 aromatic carbocycles. The van der Waals surface area contributed by atoms with Gasteiger partial charge >= 0.3 is 0 Å². The van der Waals surface area contributed by atoms with Crippen molar-refractivity contribution >= 4 is 27.8 Å². The van der Waals surface area contributed by atoms with Crippen molar-refractivity contribution in [2.24, 2.45) is 5.10 Å². The molecule has 1 amide bonds.